The first-order valence-corrected chi connectivity index (χ1v) is 8.49. The molecule has 0 radical (unpaired) electrons. The van der Waals surface area contributed by atoms with Crippen molar-refractivity contribution in [3.63, 3.8) is 0 Å². The predicted octanol–water partition coefficient (Wildman–Crippen LogP) is 1.42. The van der Waals surface area contributed by atoms with Gasteiger partial charge < -0.3 is 19.5 Å². The van der Waals surface area contributed by atoms with E-state index in [0.717, 1.165) is 57.7 Å². The smallest absolute Gasteiger partial charge is 0.158 e. The third kappa shape index (κ3) is 3.65. The zero-order valence-corrected chi connectivity index (χ0v) is 14.0. The Labute approximate surface area is 137 Å². The Kier molecular flexibility index (Phi) is 4.85. The van der Waals surface area contributed by atoms with Gasteiger partial charge in [-0.05, 0) is 45.8 Å². The number of aromatic nitrogens is 2. The SMILES string of the molecule is CC(C)(C=O)C(O)n1ccc(C2CCN(CC3COC3)CC2)n1. The Morgan fingerprint density at radius 2 is 2.13 bits per heavy atom. The number of hydrogen-bond donors (Lipinski definition) is 1. The average molecular weight is 321 g/mol. The van der Waals surface area contributed by atoms with E-state index >= 15 is 0 Å². The minimum atomic E-state index is -0.924. The van der Waals surface area contributed by atoms with Gasteiger partial charge in [0.25, 0.3) is 0 Å². The van der Waals surface area contributed by atoms with Gasteiger partial charge in [-0.25, -0.2) is 4.68 Å². The Hall–Kier alpha value is -1.24. The van der Waals surface area contributed by atoms with Gasteiger partial charge in [-0.3, -0.25) is 0 Å². The molecule has 2 fully saturated rings. The van der Waals surface area contributed by atoms with Crippen LogP contribution in [-0.4, -0.2) is 58.9 Å². The molecule has 0 amide bonds. The molecule has 6 heteroatoms. The highest BCUT2D eigenvalue weighted by atomic mass is 16.5. The van der Waals surface area contributed by atoms with Crippen molar-refractivity contribution in [1.29, 1.82) is 0 Å². The first-order chi connectivity index (χ1) is 11.0. The summed E-state index contributed by atoms with van der Waals surface area (Å²) in [6.45, 7) is 8.59. The number of carbonyl (C=O) groups excluding carboxylic acids is 1. The number of aldehydes is 1. The van der Waals surface area contributed by atoms with E-state index < -0.39 is 11.6 Å². The van der Waals surface area contributed by atoms with Crippen molar-refractivity contribution >= 4 is 6.29 Å². The van der Waals surface area contributed by atoms with Gasteiger partial charge in [0.2, 0.25) is 0 Å². The van der Waals surface area contributed by atoms with Crippen LogP contribution in [-0.2, 0) is 9.53 Å². The molecule has 0 spiro atoms. The number of rotatable bonds is 6. The minimum absolute atomic E-state index is 0.441. The van der Waals surface area contributed by atoms with Crippen LogP contribution in [0.2, 0.25) is 0 Å². The molecule has 2 saturated heterocycles. The maximum absolute atomic E-state index is 11.1. The first-order valence-electron chi connectivity index (χ1n) is 8.49. The van der Waals surface area contributed by atoms with Crippen LogP contribution in [0.25, 0.3) is 0 Å². The van der Waals surface area contributed by atoms with Crippen LogP contribution in [0.3, 0.4) is 0 Å². The van der Waals surface area contributed by atoms with Gasteiger partial charge in [0.15, 0.2) is 6.23 Å². The molecule has 128 valence electrons. The third-order valence-electron chi connectivity index (χ3n) is 5.08. The lowest BCUT2D eigenvalue weighted by Crippen LogP contribution is -2.42. The van der Waals surface area contributed by atoms with Crippen molar-refractivity contribution in [2.75, 3.05) is 32.8 Å². The number of likely N-dealkylation sites (tertiary alicyclic amines) is 1. The van der Waals surface area contributed by atoms with Crippen molar-refractivity contribution in [2.45, 2.75) is 38.8 Å². The molecule has 1 aromatic rings. The second kappa shape index (κ2) is 6.71. The first kappa shape index (κ1) is 16.6. The summed E-state index contributed by atoms with van der Waals surface area (Å²) in [4.78, 5) is 13.6. The summed E-state index contributed by atoms with van der Waals surface area (Å²) in [5, 5.41) is 14.8. The highest BCUT2D eigenvalue weighted by Crippen LogP contribution is 2.30. The quantitative estimate of drug-likeness (QED) is 0.803. The van der Waals surface area contributed by atoms with E-state index in [-0.39, 0.29) is 0 Å². The van der Waals surface area contributed by atoms with E-state index in [1.807, 2.05) is 6.07 Å². The normalized spacial score (nSPS) is 22.7. The molecule has 23 heavy (non-hydrogen) atoms. The number of aliphatic hydroxyl groups excluding tert-OH is 1. The lowest BCUT2D eigenvalue weighted by molar-refractivity contribution is -0.124. The van der Waals surface area contributed by atoms with E-state index in [2.05, 4.69) is 10.00 Å². The monoisotopic (exact) mass is 321 g/mol. The summed E-state index contributed by atoms with van der Waals surface area (Å²) >= 11 is 0. The van der Waals surface area contributed by atoms with Crippen LogP contribution >= 0.6 is 0 Å². The average Bonchev–Trinajstić information content (AvgIpc) is 3.00. The lowest BCUT2D eigenvalue weighted by atomic mass is 9.93. The summed E-state index contributed by atoms with van der Waals surface area (Å²) < 4.78 is 6.76. The van der Waals surface area contributed by atoms with Crippen molar-refractivity contribution < 1.29 is 14.6 Å². The number of carbonyl (C=O) groups is 1. The van der Waals surface area contributed by atoms with Crippen LogP contribution in [0.1, 0.15) is 44.5 Å². The van der Waals surface area contributed by atoms with Crippen LogP contribution in [0.5, 0.6) is 0 Å². The van der Waals surface area contributed by atoms with Crippen LogP contribution in [0.4, 0.5) is 0 Å². The number of nitrogens with zero attached hydrogens (tertiary/aromatic N) is 3. The number of aliphatic hydroxyl groups is 1. The van der Waals surface area contributed by atoms with Gasteiger partial charge in [-0.1, -0.05) is 0 Å². The second-order valence-electron chi connectivity index (χ2n) is 7.51. The number of piperidine rings is 1. The molecular weight excluding hydrogens is 294 g/mol. The topological polar surface area (TPSA) is 67.6 Å². The Morgan fingerprint density at radius 3 is 2.70 bits per heavy atom. The molecule has 0 aliphatic carbocycles. The summed E-state index contributed by atoms with van der Waals surface area (Å²) in [5.74, 6) is 1.16. The van der Waals surface area contributed by atoms with Crippen molar-refractivity contribution in [3.05, 3.63) is 18.0 Å². The van der Waals surface area contributed by atoms with Gasteiger partial charge in [0.1, 0.15) is 6.29 Å². The zero-order chi connectivity index (χ0) is 16.4. The van der Waals surface area contributed by atoms with Gasteiger partial charge in [0, 0.05) is 24.6 Å². The summed E-state index contributed by atoms with van der Waals surface area (Å²) in [6, 6.07) is 1.98. The Morgan fingerprint density at radius 1 is 1.43 bits per heavy atom. The fourth-order valence-electron chi connectivity index (χ4n) is 3.27. The summed E-state index contributed by atoms with van der Waals surface area (Å²) in [6.07, 6.45) is 3.83. The summed E-state index contributed by atoms with van der Waals surface area (Å²) in [7, 11) is 0. The molecule has 2 aliphatic heterocycles. The fourth-order valence-corrected chi connectivity index (χ4v) is 3.27. The molecule has 0 saturated carbocycles. The Balaban J connectivity index is 1.55. The van der Waals surface area contributed by atoms with Crippen LogP contribution in [0.15, 0.2) is 12.3 Å². The van der Waals surface area contributed by atoms with E-state index in [0.29, 0.717) is 11.8 Å². The number of hydrogen-bond acceptors (Lipinski definition) is 5. The molecule has 1 N–H and O–H groups in total. The van der Waals surface area contributed by atoms with Crippen molar-refractivity contribution in [1.82, 2.24) is 14.7 Å². The van der Waals surface area contributed by atoms with Gasteiger partial charge >= 0.3 is 0 Å². The van der Waals surface area contributed by atoms with E-state index in [9.17, 15) is 9.90 Å². The molecule has 6 nitrogen and oxygen atoms in total. The fraction of sp³-hybridized carbons (Fsp3) is 0.765. The van der Waals surface area contributed by atoms with E-state index in [1.165, 1.54) is 4.68 Å². The van der Waals surface area contributed by atoms with Gasteiger partial charge in [-0.15, -0.1) is 0 Å². The van der Waals surface area contributed by atoms with Crippen LogP contribution in [0, 0.1) is 11.3 Å². The highest BCUT2D eigenvalue weighted by Gasteiger charge is 2.31. The van der Waals surface area contributed by atoms with Crippen molar-refractivity contribution in [3.8, 4) is 0 Å². The lowest BCUT2D eigenvalue weighted by Gasteiger charge is -2.36. The molecule has 1 unspecified atom stereocenters. The molecule has 2 aliphatic rings. The standard InChI is InChI=1S/C17H27N3O3/c1-17(2,12-21)16(22)20-8-5-15(18-20)14-3-6-19(7-4-14)9-13-10-23-11-13/h5,8,12-14,16,22H,3-4,6-7,9-11H2,1-2H3. The van der Waals surface area contributed by atoms with Crippen LogP contribution < -0.4 is 0 Å². The van der Waals surface area contributed by atoms with Gasteiger partial charge in [0.05, 0.1) is 24.3 Å². The minimum Gasteiger partial charge on any atom is -0.381 e. The molecule has 3 rings (SSSR count). The van der Waals surface area contributed by atoms with E-state index in [1.54, 1.807) is 20.0 Å². The molecule has 1 aromatic heterocycles. The highest BCUT2D eigenvalue weighted by molar-refractivity contribution is 5.58. The maximum Gasteiger partial charge on any atom is 0.158 e. The summed E-state index contributed by atoms with van der Waals surface area (Å²) in [5.41, 5.74) is 0.190. The number of ether oxygens (including phenoxy) is 1. The second-order valence-corrected chi connectivity index (χ2v) is 7.51. The largest absolute Gasteiger partial charge is 0.381 e. The maximum atomic E-state index is 11.1. The molecule has 3 heterocycles. The van der Waals surface area contributed by atoms with Gasteiger partial charge in [-0.2, -0.15) is 5.10 Å². The molecule has 1 atom stereocenters. The Bertz CT molecular complexity index is 531. The predicted molar refractivity (Wildman–Crippen MR) is 86.1 cm³/mol. The third-order valence-corrected chi connectivity index (χ3v) is 5.08. The zero-order valence-electron chi connectivity index (χ0n) is 14.0. The van der Waals surface area contributed by atoms with E-state index in [4.69, 9.17) is 4.74 Å². The van der Waals surface area contributed by atoms with Crippen molar-refractivity contribution in [2.24, 2.45) is 11.3 Å². The molecular formula is C17H27N3O3. The molecule has 0 bridgehead atoms. The molecule has 0 aromatic carbocycles.